The number of benzene rings is 1. The van der Waals surface area contributed by atoms with Crippen molar-refractivity contribution in [1.29, 1.82) is 0 Å². The van der Waals surface area contributed by atoms with E-state index in [1.165, 1.54) is 0 Å². The quantitative estimate of drug-likeness (QED) is 0.802. The zero-order chi connectivity index (χ0) is 11.8. The Morgan fingerprint density at radius 3 is 2.33 bits per heavy atom. The highest BCUT2D eigenvalue weighted by Crippen LogP contribution is 2.39. The zero-order valence-electron chi connectivity index (χ0n) is 7.52. The summed E-state index contributed by atoms with van der Waals surface area (Å²) in [7, 11) is 0. The molecular formula is C9H6BrF3O2. The second-order valence-corrected chi connectivity index (χ2v) is 3.67. The highest BCUT2D eigenvalue weighted by molar-refractivity contribution is 9.10. The Bertz CT molecular complexity index is 413. The van der Waals surface area contributed by atoms with Crippen LogP contribution in [0.15, 0.2) is 16.6 Å². The predicted molar refractivity (Wildman–Crippen MR) is 50.8 cm³/mol. The van der Waals surface area contributed by atoms with Crippen molar-refractivity contribution in [1.82, 2.24) is 0 Å². The first-order valence-electron chi connectivity index (χ1n) is 3.84. The molecule has 1 rings (SSSR count). The second-order valence-electron chi connectivity index (χ2n) is 2.88. The van der Waals surface area contributed by atoms with Gasteiger partial charge in [0.2, 0.25) is 0 Å². The van der Waals surface area contributed by atoms with Crippen LogP contribution in [0.1, 0.15) is 22.8 Å². The molecule has 1 N–H and O–H groups in total. The highest BCUT2D eigenvalue weighted by atomic mass is 79.9. The molecule has 2 nitrogen and oxygen atoms in total. The van der Waals surface area contributed by atoms with E-state index in [0.717, 1.165) is 13.0 Å². The minimum absolute atomic E-state index is 0.357. The van der Waals surface area contributed by atoms with Crippen molar-refractivity contribution in [2.45, 2.75) is 13.1 Å². The molecule has 0 fully saturated rings. The molecular weight excluding hydrogens is 277 g/mol. The fourth-order valence-electron chi connectivity index (χ4n) is 1.12. The van der Waals surface area contributed by atoms with E-state index >= 15 is 0 Å². The maximum atomic E-state index is 12.4. The lowest BCUT2D eigenvalue weighted by Crippen LogP contribution is -2.08. The van der Waals surface area contributed by atoms with Gasteiger partial charge >= 0.3 is 6.18 Å². The van der Waals surface area contributed by atoms with Crippen molar-refractivity contribution < 1.29 is 23.1 Å². The Balaban J connectivity index is 3.49. The summed E-state index contributed by atoms with van der Waals surface area (Å²) in [6, 6.07) is 1.57. The first kappa shape index (κ1) is 12.0. The molecule has 0 saturated carbocycles. The summed E-state index contributed by atoms with van der Waals surface area (Å²) in [6.45, 7) is 1.08. The van der Waals surface area contributed by atoms with Crippen molar-refractivity contribution in [2.75, 3.05) is 0 Å². The first-order valence-corrected chi connectivity index (χ1v) is 4.64. The Hall–Kier alpha value is -1.04. The normalized spacial score (nSPS) is 11.5. The minimum atomic E-state index is -4.56. The van der Waals surface area contributed by atoms with Gasteiger partial charge in [0.25, 0.3) is 0 Å². The van der Waals surface area contributed by atoms with Gasteiger partial charge in [-0.3, -0.25) is 4.79 Å². The molecule has 82 valence electrons. The molecule has 0 aliphatic rings. The summed E-state index contributed by atoms with van der Waals surface area (Å²) < 4.78 is 36.8. The number of ketones is 1. The molecule has 0 aromatic heterocycles. The van der Waals surface area contributed by atoms with Gasteiger partial charge in [0.05, 0.1) is 11.1 Å². The third-order valence-electron chi connectivity index (χ3n) is 1.78. The van der Waals surface area contributed by atoms with E-state index in [9.17, 15) is 23.1 Å². The van der Waals surface area contributed by atoms with Gasteiger partial charge in [0.15, 0.2) is 5.78 Å². The Morgan fingerprint density at radius 1 is 1.40 bits per heavy atom. The monoisotopic (exact) mass is 282 g/mol. The van der Waals surface area contributed by atoms with E-state index in [1.807, 2.05) is 0 Å². The van der Waals surface area contributed by atoms with Gasteiger partial charge in [-0.1, -0.05) is 0 Å². The Labute approximate surface area is 91.8 Å². The van der Waals surface area contributed by atoms with Crippen LogP contribution in [0, 0.1) is 0 Å². The van der Waals surface area contributed by atoms with E-state index < -0.39 is 27.7 Å². The van der Waals surface area contributed by atoms with Crippen LogP contribution in [0.2, 0.25) is 0 Å². The number of carbonyl (C=O) groups is 1. The van der Waals surface area contributed by atoms with E-state index in [4.69, 9.17) is 0 Å². The molecule has 1 aromatic rings. The maximum absolute atomic E-state index is 12.4. The SMILES string of the molecule is CC(=O)c1c(O)ccc(C(F)(F)F)c1Br. The van der Waals surface area contributed by atoms with Gasteiger partial charge in [-0.05, 0) is 35.0 Å². The number of phenolic OH excluding ortho intramolecular Hbond substituents is 1. The van der Waals surface area contributed by atoms with Crippen LogP contribution >= 0.6 is 15.9 Å². The number of carbonyl (C=O) groups excluding carboxylic acids is 1. The molecule has 0 aliphatic carbocycles. The molecule has 1 aromatic carbocycles. The average molecular weight is 283 g/mol. The first-order chi connectivity index (χ1) is 6.75. The molecule has 0 spiro atoms. The number of rotatable bonds is 1. The van der Waals surface area contributed by atoms with Crippen molar-refractivity contribution in [2.24, 2.45) is 0 Å². The summed E-state index contributed by atoms with van der Waals surface area (Å²) in [4.78, 5) is 11.0. The number of aromatic hydroxyl groups is 1. The molecule has 0 aliphatic heterocycles. The van der Waals surface area contributed by atoms with Gasteiger partial charge < -0.3 is 5.11 Å². The summed E-state index contributed by atoms with van der Waals surface area (Å²) in [6.07, 6.45) is -4.56. The Morgan fingerprint density at radius 2 is 1.93 bits per heavy atom. The lowest BCUT2D eigenvalue weighted by atomic mass is 10.1. The van der Waals surface area contributed by atoms with Gasteiger partial charge in [-0.15, -0.1) is 0 Å². The van der Waals surface area contributed by atoms with Crippen molar-refractivity contribution in [3.05, 3.63) is 27.7 Å². The van der Waals surface area contributed by atoms with Crippen molar-refractivity contribution in [3.8, 4) is 5.75 Å². The molecule has 15 heavy (non-hydrogen) atoms. The summed E-state index contributed by atoms with van der Waals surface area (Å²) in [5.74, 6) is -1.10. The average Bonchev–Trinajstić information content (AvgIpc) is 2.00. The number of alkyl halides is 3. The van der Waals surface area contributed by atoms with Crippen LogP contribution in [0.4, 0.5) is 13.2 Å². The number of phenols is 1. The molecule has 0 heterocycles. The smallest absolute Gasteiger partial charge is 0.417 e. The number of hydrogen-bond donors (Lipinski definition) is 1. The van der Waals surface area contributed by atoms with Gasteiger partial charge in [0.1, 0.15) is 5.75 Å². The maximum Gasteiger partial charge on any atom is 0.417 e. The van der Waals surface area contributed by atoms with Crippen molar-refractivity contribution >= 4 is 21.7 Å². The van der Waals surface area contributed by atoms with E-state index in [-0.39, 0.29) is 5.56 Å². The zero-order valence-corrected chi connectivity index (χ0v) is 9.11. The lowest BCUT2D eigenvalue weighted by molar-refractivity contribution is -0.138. The van der Waals surface area contributed by atoms with E-state index in [0.29, 0.717) is 6.07 Å². The molecule has 0 saturated heterocycles. The molecule has 0 amide bonds. The second kappa shape index (κ2) is 3.84. The topological polar surface area (TPSA) is 37.3 Å². The van der Waals surface area contributed by atoms with Gasteiger partial charge in [0, 0.05) is 4.47 Å². The third-order valence-corrected chi connectivity index (χ3v) is 2.60. The fourth-order valence-corrected chi connectivity index (χ4v) is 1.96. The molecule has 0 bridgehead atoms. The van der Waals surface area contributed by atoms with Crippen LogP contribution < -0.4 is 0 Å². The third kappa shape index (κ3) is 2.31. The largest absolute Gasteiger partial charge is 0.507 e. The fraction of sp³-hybridized carbons (Fsp3) is 0.222. The standard InChI is InChI=1S/C9H6BrF3O2/c1-4(14)7-6(15)3-2-5(8(7)10)9(11,12)13/h2-3,15H,1H3. The molecule has 0 atom stereocenters. The van der Waals surface area contributed by atoms with Gasteiger partial charge in [-0.25, -0.2) is 0 Å². The number of halogens is 4. The molecule has 0 unspecified atom stereocenters. The predicted octanol–water partition coefficient (Wildman–Crippen LogP) is 3.38. The van der Waals surface area contributed by atoms with Gasteiger partial charge in [-0.2, -0.15) is 13.2 Å². The molecule has 6 heteroatoms. The van der Waals surface area contributed by atoms with Crippen molar-refractivity contribution in [3.63, 3.8) is 0 Å². The van der Waals surface area contributed by atoms with E-state index in [1.54, 1.807) is 0 Å². The van der Waals surface area contributed by atoms with Crippen LogP contribution in [0.3, 0.4) is 0 Å². The number of Topliss-reactive ketones (excluding diaryl/α,β-unsaturated/α-hetero) is 1. The Kier molecular flexibility index (Phi) is 3.08. The summed E-state index contributed by atoms with van der Waals surface area (Å²) >= 11 is 2.67. The lowest BCUT2D eigenvalue weighted by Gasteiger charge is -2.12. The molecule has 0 radical (unpaired) electrons. The van der Waals surface area contributed by atoms with E-state index in [2.05, 4.69) is 15.9 Å². The summed E-state index contributed by atoms with van der Waals surface area (Å²) in [5.41, 5.74) is -1.34. The van der Waals surface area contributed by atoms with Crippen LogP contribution in [-0.4, -0.2) is 10.9 Å². The summed E-state index contributed by atoms with van der Waals surface area (Å²) in [5, 5.41) is 9.23. The van der Waals surface area contributed by atoms with Crippen LogP contribution in [0.25, 0.3) is 0 Å². The number of hydrogen-bond acceptors (Lipinski definition) is 2. The van der Waals surface area contributed by atoms with Crippen LogP contribution in [0.5, 0.6) is 5.75 Å². The minimum Gasteiger partial charge on any atom is -0.507 e. The highest BCUT2D eigenvalue weighted by Gasteiger charge is 2.35. The van der Waals surface area contributed by atoms with Crippen LogP contribution in [-0.2, 0) is 6.18 Å².